The van der Waals surface area contributed by atoms with Gasteiger partial charge in [-0.1, -0.05) is 15.9 Å². The summed E-state index contributed by atoms with van der Waals surface area (Å²) in [5, 5.41) is 8.49. The average Bonchev–Trinajstić information content (AvgIpc) is 2.24. The Labute approximate surface area is 111 Å². The van der Waals surface area contributed by atoms with Crippen LogP contribution in [0.5, 0.6) is 5.75 Å². The molecule has 1 aromatic heterocycles. The van der Waals surface area contributed by atoms with Gasteiger partial charge in [-0.05, 0) is 0 Å². The van der Waals surface area contributed by atoms with E-state index in [-0.39, 0.29) is 11.4 Å². The van der Waals surface area contributed by atoms with Crippen LogP contribution in [0.15, 0.2) is 6.07 Å². The lowest BCUT2D eigenvalue weighted by Crippen LogP contribution is -2.20. The lowest BCUT2D eigenvalue weighted by molar-refractivity contribution is -0.274. The molecule has 0 unspecified atom stereocenters. The van der Waals surface area contributed by atoms with Crippen molar-refractivity contribution < 1.29 is 36.6 Å². The lowest BCUT2D eigenvalue weighted by atomic mass is 10.1. The third kappa shape index (κ3) is 4.01. The van der Waals surface area contributed by atoms with Gasteiger partial charge in [-0.3, -0.25) is 0 Å². The Morgan fingerprint density at radius 1 is 1.47 bits per heavy atom. The summed E-state index contributed by atoms with van der Waals surface area (Å²) in [6.45, 7) is 0. The van der Waals surface area contributed by atoms with E-state index in [1.807, 2.05) is 0 Å². The Kier molecular flexibility index (Phi) is 4.66. The highest BCUT2D eigenvalue weighted by atomic mass is 79.9. The summed E-state index contributed by atoms with van der Waals surface area (Å²) in [7, 11) is 0. The van der Waals surface area contributed by atoms with Crippen LogP contribution in [0.25, 0.3) is 0 Å². The maximum atomic E-state index is 12.5. The SMILES string of the molecule is O=C(O)c1c(OC(F)(F)F)cc(C(F)F)nc1CBr. The van der Waals surface area contributed by atoms with Crippen LogP contribution in [0.2, 0.25) is 0 Å². The molecular formula is C9H5BrF5NO3. The lowest BCUT2D eigenvalue weighted by Gasteiger charge is -2.14. The second-order valence-corrected chi connectivity index (χ2v) is 3.71. The molecule has 1 N–H and O–H groups in total. The molecule has 0 aromatic carbocycles. The standard InChI is InChI=1S/C9H5BrF5NO3/c10-2-4-6(8(17)18)5(19-9(13,14)15)1-3(16-4)7(11)12/h1,7H,2H2,(H,17,18). The minimum atomic E-state index is -5.20. The van der Waals surface area contributed by atoms with E-state index in [2.05, 4.69) is 25.7 Å². The van der Waals surface area contributed by atoms with E-state index < -0.39 is 41.5 Å². The number of rotatable bonds is 4. The second kappa shape index (κ2) is 5.68. The molecular weight excluding hydrogens is 345 g/mol. The molecule has 106 valence electrons. The Balaban J connectivity index is 3.45. The van der Waals surface area contributed by atoms with E-state index in [9.17, 15) is 26.7 Å². The molecule has 0 aliphatic carbocycles. The first-order valence-electron chi connectivity index (χ1n) is 4.52. The van der Waals surface area contributed by atoms with Crippen molar-refractivity contribution >= 4 is 21.9 Å². The Bertz CT molecular complexity index is 491. The maximum absolute atomic E-state index is 12.5. The fourth-order valence-corrected chi connectivity index (χ4v) is 1.64. The van der Waals surface area contributed by atoms with Gasteiger partial charge in [0.1, 0.15) is 17.0 Å². The number of ether oxygens (including phenoxy) is 1. The van der Waals surface area contributed by atoms with Gasteiger partial charge < -0.3 is 9.84 Å². The van der Waals surface area contributed by atoms with Crippen LogP contribution < -0.4 is 4.74 Å². The van der Waals surface area contributed by atoms with Crippen LogP contribution in [-0.4, -0.2) is 22.4 Å². The zero-order chi connectivity index (χ0) is 14.8. The van der Waals surface area contributed by atoms with Crippen molar-refractivity contribution in [3.8, 4) is 5.75 Å². The van der Waals surface area contributed by atoms with Crippen LogP contribution in [0.3, 0.4) is 0 Å². The number of carboxylic acids is 1. The molecule has 10 heteroatoms. The number of hydrogen-bond donors (Lipinski definition) is 1. The molecule has 1 aromatic rings. The number of carbonyl (C=O) groups is 1. The van der Waals surface area contributed by atoms with Crippen molar-refractivity contribution in [1.29, 1.82) is 0 Å². The van der Waals surface area contributed by atoms with Crippen molar-refractivity contribution in [3.63, 3.8) is 0 Å². The van der Waals surface area contributed by atoms with Crippen LogP contribution in [-0.2, 0) is 5.33 Å². The first-order valence-corrected chi connectivity index (χ1v) is 5.64. The highest BCUT2D eigenvalue weighted by molar-refractivity contribution is 9.08. The van der Waals surface area contributed by atoms with Gasteiger partial charge in [0, 0.05) is 11.4 Å². The van der Waals surface area contributed by atoms with Crippen LogP contribution in [0.4, 0.5) is 22.0 Å². The zero-order valence-electron chi connectivity index (χ0n) is 8.84. The van der Waals surface area contributed by atoms with Gasteiger partial charge in [0.15, 0.2) is 0 Å². The first kappa shape index (κ1) is 15.6. The normalized spacial score (nSPS) is 11.7. The molecule has 0 saturated heterocycles. The topological polar surface area (TPSA) is 59.4 Å². The number of carboxylic acid groups (broad SMARTS) is 1. The quantitative estimate of drug-likeness (QED) is 0.667. The Hall–Kier alpha value is -1.45. The number of aromatic carboxylic acids is 1. The van der Waals surface area contributed by atoms with Gasteiger partial charge in [0.25, 0.3) is 6.43 Å². The first-order chi connectivity index (χ1) is 8.65. The summed E-state index contributed by atoms with van der Waals surface area (Å²) in [5.41, 5.74) is -2.40. The van der Waals surface area contributed by atoms with E-state index in [0.29, 0.717) is 0 Å². The summed E-state index contributed by atoms with van der Waals surface area (Å²) in [6, 6.07) is 0.258. The van der Waals surface area contributed by atoms with Gasteiger partial charge in [-0.2, -0.15) is 0 Å². The minimum absolute atomic E-state index is 0.258. The van der Waals surface area contributed by atoms with Gasteiger partial charge >= 0.3 is 12.3 Å². The molecule has 0 fully saturated rings. The third-order valence-electron chi connectivity index (χ3n) is 1.87. The van der Waals surface area contributed by atoms with E-state index in [0.717, 1.165) is 0 Å². The molecule has 0 aliphatic heterocycles. The predicted octanol–water partition coefficient (Wildman–Crippen LogP) is 3.51. The van der Waals surface area contributed by atoms with Crippen molar-refractivity contribution in [1.82, 2.24) is 4.98 Å². The highest BCUT2D eigenvalue weighted by Gasteiger charge is 2.35. The molecule has 19 heavy (non-hydrogen) atoms. The fraction of sp³-hybridized carbons (Fsp3) is 0.333. The van der Waals surface area contributed by atoms with Crippen molar-refractivity contribution in [2.75, 3.05) is 0 Å². The predicted molar refractivity (Wildman–Crippen MR) is 55.5 cm³/mol. The number of alkyl halides is 6. The minimum Gasteiger partial charge on any atom is -0.477 e. The number of pyridine rings is 1. The van der Waals surface area contributed by atoms with E-state index >= 15 is 0 Å². The van der Waals surface area contributed by atoms with Gasteiger partial charge in [-0.15, -0.1) is 13.2 Å². The molecule has 0 spiro atoms. The molecule has 1 rings (SSSR count). The summed E-state index contributed by atoms with van der Waals surface area (Å²) in [5.74, 6) is -2.98. The molecule has 1 heterocycles. The maximum Gasteiger partial charge on any atom is 0.573 e. The molecule has 0 aliphatic rings. The average molecular weight is 350 g/mol. The molecule has 0 amide bonds. The number of halogens is 6. The molecule has 0 radical (unpaired) electrons. The van der Waals surface area contributed by atoms with E-state index in [1.165, 1.54) is 0 Å². The van der Waals surface area contributed by atoms with Gasteiger partial charge in [0.05, 0.1) is 5.69 Å². The Morgan fingerprint density at radius 3 is 2.42 bits per heavy atom. The van der Waals surface area contributed by atoms with Crippen molar-refractivity contribution in [2.45, 2.75) is 18.1 Å². The summed E-state index contributed by atoms with van der Waals surface area (Å²) in [6.07, 6.45) is -8.36. The second-order valence-electron chi connectivity index (χ2n) is 3.15. The van der Waals surface area contributed by atoms with E-state index in [1.54, 1.807) is 0 Å². The van der Waals surface area contributed by atoms with Gasteiger partial charge in [-0.25, -0.2) is 18.6 Å². The molecule has 0 saturated carbocycles. The number of aromatic nitrogens is 1. The number of hydrogen-bond acceptors (Lipinski definition) is 3. The largest absolute Gasteiger partial charge is 0.573 e. The van der Waals surface area contributed by atoms with Gasteiger partial charge in [0.2, 0.25) is 0 Å². The van der Waals surface area contributed by atoms with Crippen molar-refractivity contribution in [3.05, 3.63) is 23.0 Å². The third-order valence-corrected chi connectivity index (χ3v) is 2.40. The summed E-state index contributed by atoms with van der Waals surface area (Å²) < 4.78 is 64.7. The Morgan fingerprint density at radius 2 is 2.05 bits per heavy atom. The molecule has 4 nitrogen and oxygen atoms in total. The number of nitrogens with zero attached hydrogens (tertiary/aromatic N) is 1. The summed E-state index contributed by atoms with van der Waals surface area (Å²) >= 11 is 2.77. The van der Waals surface area contributed by atoms with Crippen LogP contribution in [0, 0.1) is 0 Å². The highest BCUT2D eigenvalue weighted by Crippen LogP contribution is 2.32. The van der Waals surface area contributed by atoms with Crippen LogP contribution >= 0.6 is 15.9 Å². The summed E-state index contributed by atoms with van der Waals surface area (Å²) in [4.78, 5) is 14.2. The fourth-order valence-electron chi connectivity index (χ4n) is 1.24. The van der Waals surface area contributed by atoms with Crippen LogP contribution in [0.1, 0.15) is 28.2 Å². The smallest absolute Gasteiger partial charge is 0.477 e. The molecule has 0 atom stereocenters. The molecule has 0 bridgehead atoms. The zero-order valence-corrected chi connectivity index (χ0v) is 10.4. The van der Waals surface area contributed by atoms with Crippen molar-refractivity contribution in [2.24, 2.45) is 0 Å². The van der Waals surface area contributed by atoms with E-state index in [4.69, 9.17) is 5.11 Å². The monoisotopic (exact) mass is 349 g/mol.